The second kappa shape index (κ2) is 5.05. The number of fused-ring (bicyclic) bond motifs is 1. The first-order valence-corrected chi connectivity index (χ1v) is 5.47. The molecule has 2 aromatic rings. The molecule has 0 atom stereocenters. The molecule has 2 rings (SSSR count). The van der Waals surface area contributed by atoms with Gasteiger partial charge in [-0.25, -0.2) is 0 Å². The van der Waals surface area contributed by atoms with E-state index in [4.69, 9.17) is 5.11 Å². The van der Waals surface area contributed by atoms with E-state index in [-0.39, 0.29) is 6.61 Å². The fourth-order valence-corrected chi connectivity index (χ4v) is 1.70. The van der Waals surface area contributed by atoms with Crippen molar-refractivity contribution in [1.29, 1.82) is 0 Å². The molecule has 0 aliphatic carbocycles. The molecule has 3 heteroatoms. The number of aromatic nitrogens is 1. The minimum absolute atomic E-state index is 0.175. The van der Waals surface area contributed by atoms with Crippen LogP contribution in [0.5, 0.6) is 0 Å². The smallest absolute Gasteiger partial charge is 0.0705 e. The van der Waals surface area contributed by atoms with Gasteiger partial charge in [-0.3, -0.25) is 4.98 Å². The van der Waals surface area contributed by atoms with Crippen molar-refractivity contribution in [3.05, 3.63) is 41.6 Å². The molecular formula is C13H16N2O. The highest BCUT2D eigenvalue weighted by molar-refractivity contribution is 5.79. The van der Waals surface area contributed by atoms with E-state index in [0.717, 1.165) is 23.1 Å². The van der Waals surface area contributed by atoms with Gasteiger partial charge in [0.1, 0.15) is 0 Å². The van der Waals surface area contributed by atoms with Crippen molar-refractivity contribution < 1.29 is 5.11 Å². The van der Waals surface area contributed by atoms with E-state index >= 15 is 0 Å². The molecule has 1 aromatic heterocycles. The van der Waals surface area contributed by atoms with E-state index in [0.29, 0.717) is 6.54 Å². The highest BCUT2D eigenvalue weighted by Crippen LogP contribution is 2.14. The lowest BCUT2D eigenvalue weighted by molar-refractivity contribution is 0.292. The Hall–Kier alpha value is -1.45. The number of hydrogen-bond donors (Lipinski definition) is 2. The normalized spacial score (nSPS) is 10.9. The van der Waals surface area contributed by atoms with E-state index in [1.165, 1.54) is 5.56 Å². The van der Waals surface area contributed by atoms with Crippen LogP contribution in [0.15, 0.2) is 30.3 Å². The van der Waals surface area contributed by atoms with Gasteiger partial charge in [0.05, 0.1) is 12.1 Å². The number of rotatable bonds is 4. The molecule has 0 bridgehead atoms. The van der Waals surface area contributed by atoms with Crippen LogP contribution in [0.2, 0.25) is 0 Å². The van der Waals surface area contributed by atoms with Gasteiger partial charge in [-0.2, -0.15) is 0 Å². The molecule has 16 heavy (non-hydrogen) atoms. The second-order valence-electron chi connectivity index (χ2n) is 3.88. The fourth-order valence-electron chi connectivity index (χ4n) is 1.70. The molecule has 2 N–H and O–H groups in total. The predicted molar refractivity (Wildman–Crippen MR) is 65.3 cm³/mol. The number of nitrogens with one attached hydrogen (secondary N) is 1. The summed E-state index contributed by atoms with van der Waals surface area (Å²) in [6.07, 6.45) is 0. The van der Waals surface area contributed by atoms with Crippen LogP contribution >= 0.6 is 0 Å². The quantitative estimate of drug-likeness (QED) is 0.763. The van der Waals surface area contributed by atoms with Crippen LogP contribution in [-0.4, -0.2) is 23.2 Å². The Morgan fingerprint density at radius 3 is 2.94 bits per heavy atom. The Morgan fingerprint density at radius 1 is 1.25 bits per heavy atom. The zero-order chi connectivity index (χ0) is 11.4. The summed E-state index contributed by atoms with van der Waals surface area (Å²) in [5.41, 5.74) is 3.29. The van der Waals surface area contributed by atoms with Gasteiger partial charge in [0, 0.05) is 24.2 Å². The van der Waals surface area contributed by atoms with E-state index in [1.54, 1.807) is 0 Å². The summed E-state index contributed by atoms with van der Waals surface area (Å²) in [5, 5.41) is 13.0. The lowest BCUT2D eigenvalue weighted by atomic mass is 10.1. The lowest BCUT2D eigenvalue weighted by Crippen LogP contribution is -2.17. The average Bonchev–Trinajstić information content (AvgIpc) is 2.29. The molecule has 84 valence electrons. The number of aliphatic hydroxyl groups excluding tert-OH is 1. The molecule has 3 nitrogen and oxygen atoms in total. The molecule has 0 unspecified atom stereocenters. The Balaban J connectivity index is 2.20. The van der Waals surface area contributed by atoms with Gasteiger partial charge in [0.2, 0.25) is 0 Å². The Bertz CT molecular complexity index is 482. The summed E-state index contributed by atoms with van der Waals surface area (Å²) in [4.78, 5) is 4.45. The standard InChI is InChI=1S/C13H16N2O/c1-10-2-4-12-8-11(9-14-6-7-16)3-5-13(12)15-10/h2-5,8,14,16H,6-7,9H2,1H3. The zero-order valence-corrected chi connectivity index (χ0v) is 9.40. The number of aliphatic hydroxyl groups is 1. The van der Waals surface area contributed by atoms with Crippen molar-refractivity contribution >= 4 is 10.9 Å². The first-order chi connectivity index (χ1) is 7.79. The van der Waals surface area contributed by atoms with Gasteiger partial charge in [0.25, 0.3) is 0 Å². The van der Waals surface area contributed by atoms with E-state index in [2.05, 4.69) is 28.5 Å². The van der Waals surface area contributed by atoms with Crippen molar-refractivity contribution in [3.63, 3.8) is 0 Å². The SMILES string of the molecule is Cc1ccc2cc(CNCCO)ccc2n1. The number of nitrogens with zero attached hydrogens (tertiary/aromatic N) is 1. The Morgan fingerprint density at radius 2 is 2.12 bits per heavy atom. The van der Waals surface area contributed by atoms with Gasteiger partial charge < -0.3 is 10.4 Å². The van der Waals surface area contributed by atoms with Crippen molar-refractivity contribution in [1.82, 2.24) is 10.3 Å². The van der Waals surface area contributed by atoms with Gasteiger partial charge >= 0.3 is 0 Å². The monoisotopic (exact) mass is 216 g/mol. The molecule has 1 heterocycles. The van der Waals surface area contributed by atoms with E-state index in [9.17, 15) is 0 Å². The largest absolute Gasteiger partial charge is 0.395 e. The van der Waals surface area contributed by atoms with Crippen molar-refractivity contribution in [2.45, 2.75) is 13.5 Å². The molecule has 0 aliphatic heterocycles. The summed E-state index contributed by atoms with van der Waals surface area (Å²) >= 11 is 0. The van der Waals surface area contributed by atoms with Gasteiger partial charge in [-0.05, 0) is 30.7 Å². The average molecular weight is 216 g/mol. The van der Waals surface area contributed by atoms with Crippen LogP contribution in [0.3, 0.4) is 0 Å². The number of pyridine rings is 1. The third-order valence-electron chi connectivity index (χ3n) is 2.51. The summed E-state index contributed by atoms with van der Waals surface area (Å²) in [5.74, 6) is 0. The van der Waals surface area contributed by atoms with Crippen molar-refractivity contribution in [2.75, 3.05) is 13.2 Å². The molecule has 0 aliphatic rings. The summed E-state index contributed by atoms with van der Waals surface area (Å²) in [7, 11) is 0. The highest BCUT2D eigenvalue weighted by Gasteiger charge is 1.97. The Labute approximate surface area is 95.1 Å². The Kier molecular flexibility index (Phi) is 3.49. The molecule has 1 aromatic carbocycles. The first kappa shape index (κ1) is 11.0. The second-order valence-corrected chi connectivity index (χ2v) is 3.88. The summed E-state index contributed by atoms with van der Waals surface area (Å²) < 4.78 is 0. The van der Waals surface area contributed by atoms with Crippen LogP contribution in [0.1, 0.15) is 11.3 Å². The predicted octanol–water partition coefficient (Wildman–Crippen LogP) is 1.63. The van der Waals surface area contributed by atoms with Gasteiger partial charge in [0.15, 0.2) is 0 Å². The van der Waals surface area contributed by atoms with E-state index < -0.39 is 0 Å². The third-order valence-corrected chi connectivity index (χ3v) is 2.51. The van der Waals surface area contributed by atoms with Crippen molar-refractivity contribution in [3.8, 4) is 0 Å². The van der Waals surface area contributed by atoms with Crippen LogP contribution in [0.4, 0.5) is 0 Å². The van der Waals surface area contributed by atoms with Crippen LogP contribution < -0.4 is 5.32 Å². The highest BCUT2D eigenvalue weighted by atomic mass is 16.3. The van der Waals surface area contributed by atoms with Crippen LogP contribution in [0, 0.1) is 6.92 Å². The maximum atomic E-state index is 8.67. The molecular weight excluding hydrogens is 200 g/mol. The van der Waals surface area contributed by atoms with Gasteiger partial charge in [-0.1, -0.05) is 12.1 Å². The van der Waals surface area contributed by atoms with E-state index in [1.807, 2.05) is 19.1 Å². The maximum absolute atomic E-state index is 8.67. The third kappa shape index (κ3) is 2.56. The lowest BCUT2D eigenvalue weighted by Gasteiger charge is -2.05. The number of aryl methyl sites for hydroxylation is 1. The van der Waals surface area contributed by atoms with Crippen LogP contribution in [-0.2, 0) is 6.54 Å². The molecule has 0 saturated heterocycles. The van der Waals surface area contributed by atoms with Crippen molar-refractivity contribution in [2.24, 2.45) is 0 Å². The zero-order valence-electron chi connectivity index (χ0n) is 9.40. The fraction of sp³-hybridized carbons (Fsp3) is 0.308. The molecule has 0 amide bonds. The number of hydrogen-bond acceptors (Lipinski definition) is 3. The topological polar surface area (TPSA) is 45.1 Å². The number of benzene rings is 1. The molecule has 0 radical (unpaired) electrons. The summed E-state index contributed by atoms with van der Waals surface area (Å²) in [6, 6.07) is 10.4. The molecule has 0 fully saturated rings. The minimum Gasteiger partial charge on any atom is -0.395 e. The van der Waals surface area contributed by atoms with Crippen LogP contribution in [0.25, 0.3) is 10.9 Å². The molecule has 0 spiro atoms. The minimum atomic E-state index is 0.175. The maximum Gasteiger partial charge on any atom is 0.0705 e. The summed E-state index contributed by atoms with van der Waals surface area (Å²) in [6.45, 7) is 3.58. The van der Waals surface area contributed by atoms with Gasteiger partial charge in [-0.15, -0.1) is 0 Å². The molecule has 0 saturated carbocycles. The first-order valence-electron chi connectivity index (χ1n) is 5.47.